The van der Waals surface area contributed by atoms with Crippen LogP contribution in [0.4, 0.5) is 0 Å². The van der Waals surface area contributed by atoms with E-state index in [1.54, 1.807) is 19.3 Å². The highest BCUT2D eigenvalue weighted by molar-refractivity contribution is 5.56. The maximum Gasteiger partial charge on any atom is 0.0831 e. The first-order valence-electron chi connectivity index (χ1n) is 4.14. The molecule has 0 radical (unpaired) electrons. The van der Waals surface area contributed by atoms with E-state index in [9.17, 15) is 5.11 Å². The Hall–Kier alpha value is -0.830. The highest BCUT2D eigenvalue weighted by atomic mass is 16.3. The molecule has 0 saturated heterocycles. The third-order valence-electron chi connectivity index (χ3n) is 1.94. The minimum absolute atomic E-state index is 0.487. The van der Waals surface area contributed by atoms with Gasteiger partial charge in [-0.2, -0.15) is 0 Å². The van der Waals surface area contributed by atoms with Crippen LogP contribution in [-0.2, 0) is 0 Å². The molecule has 2 atom stereocenters. The third kappa shape index (κ3) is 3.05. The third-order valence-corrected chi connectivity index (χ3v) is 1.94. The van der Waals surface area contributed by atoms with Gasteiger partial charge < -0.3 is 10.4 Å². The Labute approximate surface area is 74.2 Å². The zero-order valence-electron chi connectivity index (χ0n) is 8.04. The van der Waals surface area contributed by atoms with Gasteiger partial charge in [-0.25, -0.2) is 0 Å². The molecule has 0 aromatic heterocycles. The Kier molecular flexibility index (Phi) is 4.59. The van der Waals surface area contributed by atoms with Gasteiger partial charge in [-0.15, -0.1) is 6.58 Å². The van der Waals surface area contributed by atoms with Crippen LogP contribution in [0.5, 0.6) is 0 Å². The number of aliphatic hydroxyl groups excluding tert-OH is 1. The van der Waals surface area contributed by atoms with E-state index >= 15 is 0 Å². The molecule has 3 nitrogen and oxygen atoms in total. The first-order chi connectivity index (χ1) is 5.56. The second-order valence-electron chi connectivity index (χ2n) is 2.94. The minimum atomic E-state index is -0.488. The van der Waals surface area contributed by atoms with Gasteiger partial charge in [0, 0.05) is 6.54 Å². The Bertz CT molecular complexity index is 166. The lowest BCUT2D eigenvalue weighted by molar-refractivity contribution is 0.127. The molecular weight excluding hydrogens is 152 g/mol. The molecule has 0 aliphatic rings. The van der Waals surface area contributed by atoms with Crippen molar-refractivity contribution in [2.45, 2.75) is 32.4 Å². The van der Waals surface area contributed by atoms with Gasteiger partial charge in [0.05, 0.1) is 18.0 Å². The van der Waals surface area contributed by atoms with E-state index < -0.39 is 11.6 Å². The molecule has 0 fully saturated rings. The molecule has 0 bridgehead atoms. The second-order valence-corrected chi connectivity index (χ2v) is 2.94. The molecule has 0 heterocycles. The molecule has 0 amide bonds. The summed E-state index contributed by atoms with van der Waals surface area (Å²) in [6.45, 7) is 9.92. The van der Waals surface area contributed by atoms with Crippen molar-refractivity contribution < 1.29 is 5.11 Å². The van der Waals surface area contributed by atoms with Gasteiger partial charge in [0.15, 0.2) is 0 Å². The first kappa shape index (κ1) is 11.2. The standard InChI is InChI=1S/C9H18N2O/c1-5-9(4,8(3)12)11-7-10-6-2/h5,7-8,12H,1,6H2,2-4H3,(H,10,11)/t8-,9?/m0/s1. The molecule has 2 N–H and O–H groups in total. The van der Waals surface area contributed by atoms with Crippen LogP contribution in [0.15, 0.2) is 17.6 Å². The predicted octanol–water partition coefficient (Wildman–Crippen LogP) is 0.950. The Morgan fingerprint density at radius 1 is 1.75 bits per heavy atom. The molecule has 0 aliphatic heterocycles. The summed E-state index contributed by atoms with van der Waals surface area (Å²) in [5, 5.41) is 12.4. The molecule has 12 heavy (non-hydrogen) atoms. The summed E-state index contributed by atoms with van der Waals surface area (Å²) in [6.07, 6.45) is 2.80. The van der Waals surface area contributed by atoms with Gasteiger partial charge in [0.2, 0.25) is 0 Å². The summed E-state index contributed by atoms with van der Waals surface area (Å²) in [6, 6.07) is 0. The van der Waals surface area contributed by atoms with E-state index in [0.29, 0.717) is 0 Å². The summed E-state index contributed by atoms with van der Waals surface area (Å²) in [4.78, 5) is 3.99. The summed E-state index contributed by atoms with van der Waals surface area (Å²) in [7, 11) is 0. The van der Waals surface area contributed by atoms with Crippen molar-refractivity contribution in [3.63, 3.8) is 0 Å². The van der Waals surface area contributed by atoms with Crippen LogP contribution in [0.3, 0.4) is 0 Å². The molecular formula is C9H18N2O. The van der Waals surface area contributed by atoms with E-state index in [2.05, 4.69) is 16.9 Å². The van der Waals surface area contributed by atoms with Crippen molar-refractivity contribution in [2.75, 3.05) is 6.54 Å². The SMILES string of the molecule is C=CC(C)(NC=NCC)[C@H](C)O. The van der Waals surface area contributed by atoms with Gasteiger partial charge in [-0.05, 0) is 20.8 Å². The molecule has 0 aromatic carbocycles. The van der Waals surface area contributed by atoms with Crippen molar-refractivity contribution in [1.29, 1.82) is 0 Å². The Morgan fingerprint density at radius 2 is 2.33 bits per heavy atom. The number of hydrogen-bond acceptors (Lipinski definition) is 2. The Morgan fingerprint density at radius 3 is 2.67 bits per heavy atom. The number of nitrogens with one attached hydrogen (secondary N) is 1. The summed E-state index contributed by atoms with van der Waals surface area (Å²) >= 11 is 0. The van der Waals surface area contributed by atoms with Crippen LogP contribution in [-0.4, -0.2) is 29.6 Å². The molecule has 0 spiro atoms. The average molecular weight is 170 g/mol. The smallest absolute Gasteiger partial charge is 0.0831 e. The van der Waals surface area contributed by atoms with Gasteiger partial charge in [-0.1, -0.05) is 6.08 Å². The van der Waals surface area contributed by atoms with Crippen molar-refractivity contribution in [3.8, 4) is 0 Å². The number of rotatable bonds is 5. The first-order valence-corrected chi connectivity index (χ1v) is 4.14. The summed E-state index contributed by atoms with van der Waals surface area (Å²) < 4.78 is 0. The van der Waals surface area contributed by atoms with E-state index in [1.807, 2.05) is 13.8 Å². The number of aliphatic imine (C=N–C) groups is 1. The molecule has 0 aliphatic carbocycles. The normalized spacial score (nSPS) is 18.7. The van der Waals surface area contributed by atoms with Crippen molar-refractivity contribution in [3.05, 3.63) is 12.7 Å². The monoisotopic (exact) mass is 170 g/mol. The van der Waals surface area contributed by atoms with Crippen molar-refractivity contribution in [1.82, 2.24) is 5.32 Å². The lowest BCUT2D eigenvalue weighted by Gasteiger charge is -2.28. The quantitative estimate of drug-likeness (QED) is 0.366. The van der Waals surface area contributed by atoms with E-state index in [4.69, 9.17) is 0 Å². The fraction of sp³-hybridized carbons (Fsp3) is 0.667. The lowest BCUT2D eigenvalue weighted by atomic mass is 9.97. The van der Waals surface area contributed by atoms with Gasteiger partial charge in [0.25, 0.3) is 0 Å². The van der Waals surface area contributed by atoms with Crippen molar-refractivity contribution >= 4 is 6.34 Å². The van der Waals surface area contributed by atoms with E-state index in [1.165, 1.54) is 0 Å². The predicted molar refractivity (Wildman–Crippen MR) is 52.5 cm³/mol. The lowest BCUT2D eigenvalue weighted by Crippen LogP contribution is -2.48. The molecule has 70 valence electrons. The zero-order valence-corrected chi connectivity index (χ0v) is 8.04. The summed E-state index contributed by atoms with van der Waals surface area (Å²) in [5.41, 5.74) is -0.487. The summed E-state index contributed by atoms with van der Waals surface area (Å²) in [5.74, 6) is 0. The van der Waals surface area contributed by atoms with Crippen LogP contribution in [0.25, 0.3) is 0 Å². The number of aliphatic hydroxyl groups is 1. The minimum Gasteiger partial charge on any atom is -0.391 e. The zero-order chi connectivity index (χ0) is 9.61. The highest BCUT2D eigenvalue weighted by Gasteiger charge is 2.24. The molecule has 0 saturated carbocycles. The average Bonchev–Trinajstić information content (AvgIpc) is 2.04. The van der Waals surface area contributed by atoms with Crippen LogP contribution in [0.2, 0.25) is 0 Å². The molecule has 0 rings (SSSR count). The molecule has 0 aromatic rings. The highest BCUT2D eigenvalue weighted by Crippen LogP contribution is 2.09. The molecule has 1 unspecified atom stereocenters. The number of nitrogens with zero attached hydrogens (tertiary/aromatic N) is 1. The largest absolute Gasteiger partial charge is 0.391 e. The number of hydrogen-bond donors (Lipinski definition) is 2. The van der Waals surface area contributed by atoms with Crippen LogP contribution in [0, 0.1) is 0 Å². The van der Waals surface area contributed by atoms with Gasteiger partial charge >= 0.3 is 0 Å². The van der Waals surface area contributed by atoms with Crippen molar-refractivity contribution in [2.24, 2.45) is 4.99 Å². The van der Waals surface area contributed by atoms with Gasteiger partial charge in [0.1, 0.15) is 0 Å². The van der Waals surface area contributed by atoms with Crippen LogP contribution < -0.4 is 5.32 Å². The fourth-order valence-corrected chi connectivity index (χ4v) is 0.626. The van der Waals surface area contributed by atoms with Crippen LogP contribution in [0.1, 0.15) is 20.8 Å². The van der Waals surface area contributed by atoms with E-state index in [0.717, 1.165) is 6.54 Å². The fourth-order valence-electron chi connectivity index (χ4n) is 0.626. The maximum atomic E-state index is 9.38. The second kappa shape index (κ2) is 4.93. The Balaban J connectivity index is 4.14. The topological polar surface area (TPSA) is 44.6 Å². The van der Waals surface area contributed by atoms with Gasteiger partial charge in [-0.3, -0.25) is 4.99 Å². The van der Waals surface area contributed by atoms with E-state index in [-0.39, 0.29) is 0 Å². The van der Waals surface area contributed by atoms with Crippen LogP contribution >= 0.6 is 0 Å². The molecule has 3 heteroatoms. The maximum absolute atomic E-state index is 9.38.